The molecule has 1 atom stereocenters. The van der Waals surface area contributed by atoms with Crippen molar-refractivity contribution in [2.75, 3.05) is 26.2 Å². The van der Waals surface area contributed by atoms with Gasteiger partial charge in [-0.15, -0.1) is 0 Å². The number of nitrogens with zero attached hydrogens (tertiary/aromatic N) is 1. The minimum atomic E-state index is -1.26. The Morgan fingerprint density at radius 1 is 1.35 bits per heavy atom. The Balaban J connectivity index is 2.16. The molecule has 2 rings (SSSR count). The van der Waals surface area contributed by atoms with E-state index < -0.39 is 12.0 Å². The first-order valence-electron chi connectivity index (χ1n) is 6.03. The maximum Gasteiger partial charge on any atom is 0.129 e. The van der Waals surface area contributed by atoms with E-state index in [1.54, 1.807) is 6.07 Å². The molecule has 1 heterocycles. The van der Waals surface area contributed by atoms with Crippen LogP contribution >= 0.6 is 0 Å². The standard InChI is InChI=1S/C13H18F2N2/c1-10(14)13-11(3-2-4-12(13)15)9-17-7-5-16-6-8-17/h2-4,10,16H,5-9H2,1H3. The van der Waals surface area contributed by atoms with Gasteiger partial charge in [0.15, 0.2) is 0 Å². The van der Waals surface area contributed by atoms with E-state index in [-0.39, 0.29) is 5.56 Å². The van der Waals surface area contributed by atoms with Crippen molar-refractivity contribution < 1.29 is 8.78 Å². The fraction of sp³-hybridized carbons (Fsp3) is 0.538. The van der Waals surface area contributed by atoms with E-state index in [1.165, 1.54) is 13.0 Å². The lowest BCUT2D eigenvalue weighted by atomic mass is 10.0. The highest BCUT2D eigenvalue weighted by Gasteiger charge is 2.17. The Kier molecular flexibility index (Phi) is 4.07. The van der Waals surface area contributed by atoms with Gasteiger partial charge in [0.25, 0.3) is 0 Å². The Morgan fingerprint density at radius 3 is 2.71 bits per heavy atom. The summed E-state index contributed by atoms with van der Waals surface area (Å²) in [5.41, 5.74) is 0.980. The first kappa shape index (κ1) is 12.5. The maximum absolute atomic E-state index is 13.6. The third-order valence-corrected chi connectivity index (χ3v) is 3.14. The number of halogens is 2. The third kappa shape index (κ3) is 3.01. The second-order valence-corrected chi connectivity index (χ2v) is 4.45. The zero-order valence-electron chi connectivity index (χ0n) is 10.0. The normalized spacial score (nSPS) is 19.2. The van der Waals surface area contributed by atoms with Gasteiger partial charge in [-0.3, -0.25) is 4.90 Å². The maximum atomic E-state index is 13.6. The van der Waals surface area contributed by atoms with E-state index in [0.717, 1.165) is 31.7 Å². The van der Waals surface area contributed by atoms with Crippen LogP contribution in [0.25, 0.3) is 0 Å². The molecule has 0 radical (unpaired) electrons. The molecule has 0 amide bonds. The molecule has 1 fully saturated rings. The van der Waals surface area contributed by atoms with E-state index >= 15 is 0 Å². The third-order valence-electron chi connectivity index (χ3n) is 3.14. The predicted octanol–water partition coefficient (Wildman–Crippen LogP) is 2.26. The number of hydrogen-bond acceptors (Lipinski definition) is 2. The predicted molar refractivity (Wildman–Crippen MR) is 64.1 cm³/mol. The molecular weight excluding hydrogens is 222 g/mol. The first-order chi connectivity index (χ1) is 8.18. The van der Waals surface area contributed by atoms with Crippen LogP contribution in [0.5, 0.6) is 0 Å². The molecule has 2 nitrogen and oxygen atoms in total. The molecule has 0 aromatic heterocycles. The zero-order chi connectivity index (χ0) is 12.3. The highest BCUT2D eigenvalue weighted by Crippen LogP contribution is 2.25. The van der Waals surface area contributed by atoms with E-state index in [1.807, 2.05) is 6.07 Å². The monoisotopic (exact) mass is 240 g/mol. The molecule has 1 saturated heterocycles. The highest BCUT2D eigenvalue weighted by molar-refractivity contribution is 5.30. The van der Waals surface area contributed by atoms with Crippen molar-refractivity contribution >= 4 is 0 Å². The number of nitrogens with one attached hydrogen (secondary N) is 1. The van der Waals surface area contributed by atoms with Crippen LogP contribution in [0, 0.1) is 5.82 Å². The molecule has 0 spiro atoms. The summed E-state index contributed by atoms with van der Waals surface area (Å²) in [6, 6.07) is 4.79. The number of piperazine rings is 1. The molecule has 0 saturated carbocycles. The Morgan fingerprint density at radius 2 is 2.06 bits per heavy atom. The summed E-state index contributed by atoms with van der Waals surface area (Å²) in [5, 5.41) is 3.26. The molecule has 0 aliphatic carbocycles. The molecule has 1 aromatic carbocycles. The lowest BCUT2D eigenvalue weighted by Gasteiger charge is -2.28. The average Bonchev–Trinajstić information content (AvgIpc) is 2.30. The molecule has 1 aliphatic heterocycles. The van der Waals surface area contributed by atoms with E-state index in [2.05, 4.69) is 10.2 Å². The van der Waals surface area contributed by atoms with Crippen molar-refractivity contribution in [1.82, 2.24) is 10.2 Å². The molecule has 94 valence electrons. The summed E-state index contributed by atoms with van der Waals surface area (Å²) in [5.74, 6) is -0.437. The van der Waals surface area contributed by atoms with Crippen LogP contribution in [0.2, 0.25) is 0 Å². The van der Waals surface area contributed by atoms with E-state index in [4.69, 9.17) is 0 Å². The van der Waals surface area contributed by atoms with Gasteiger partial charge in [0.05, 0.1) is 0 Å². The van der Waals surface area contributed by atoms with Crippen molar-refractivity contribution in [2.24, 2.45) is 0 Å². The summed E-state index contributed by atoms with van der Waals surface area (Å²) >= 11 is 0. The first-order valence-corrected chi connectivity index (χ1v) is 6.03. The van der Waals surface area contributed by atoms with Gasteiger partial charge in [0, 0.05) is 38.3 Å². The van der Waals surface area contributed by atoms with Crippen LogP contribution in [0.3, 0.4) is 0 Å². The highest BCUT2D eigenvalue weighted by atomic mass is 19.1. The van der Waals surface area contributed by atoms with Crippen molar-refractivity contribution in [3.8, 4) is 0 Å². The summed E-state index contributed by atoms with van der Waals surface area (Å²) < 4.78 is 27.0. The molecule has 4 heteroatoms. The van der Waals surface area contributed by atoms with Crippen molar-refractivity contribution in [3.63, 3.8) is 0 Å². The summed E-state index contributed by atoms with van der Waals surface area (Å²) in [6.45, 7) is 5.75. The van der Waals surface area contributed by atoms with Gasteiger partial charge in [-0.2, -0.15) is 0 Å². The lowest BCUT2D eigenvalue weighted by Crippen LogP contribution is -2.43. The zero-order valence-corrected chi connectivity index (χ0v) is 10.0. The number of alkyl halides is 1. The molecule has 1 N–H and O–H groups in total. The second kappa shape index (κ2) is 5.56. The van der Waals surface area contributed by atoms with Gasteiger partial charge < -0.3 is 5.32 Å². The van der Waals surface area contributed by atoms with Crippen LogP contribution in [0.1, 0.15) is 24.2 Å². The fourth-order valence-corrected chi connectivity index (χ4v) is 2.28. The van der Waals surface area contributed by atoms with Crippen LogP contribution in [0.15, 0.2) is 18.2 Å². The van der Waals surface area contributed by atoms with Gasteiger partial charge >= 0.3 is 0 Å². The van der Waals surface area contributed by atoms with Gasteiger partial charge in [-0.1, -0.05) is 12.1 Å². The van der Waals surface area contributed by atoms with Crippen LogP contribution in [-0.2, 0) is 6.54 Å². The number of hydrogen-bond donors (Lipinski definition) is 1. The van der Waals surface area contributed by atoms with Crippen LogP contribution < -0.4 is 5.32 Å². The fourth-order valence-electron chi connectivity index (χ4n) is 2.28. The van der Waals surface area contributed by atoms with E-state index in [9.17, 15) is 8.78 Å². The van der Waals surface area contributed by atoms with Crippen LogP contribution in [0.4, 0.5) is 8.78 Å². The van der Waals surface area contributed by atoms with Crippen molar-refractivity contribution in [1.29, 1.82) is 0 Å². The topological polar surface area (TPSA) is 15.3 Å². The minimum absolute atomic E-state index is 0.214. The Hall–Kier alpha value is -1.00. The van der Waals surface area contributed by atoms with Gasteiger partial charge in [0.2, 0.25) is 0 Å². The minimum Gasteiger partial charge on any atom is -0.314 e. The van der Waals surface area contributed by atoms with Crippen molar-refractivity contribution in [2.45, 2.75) is 19.6 Å². The molecule has 1 aromatic rings. The summed E-state index contributed by atoms with van der Waals surface area (Å²) in [7, 11) is 0. The lowest BCUT2D eigenvalue weighted by molar-refractivity contribution is 0.230. The van der Waals surface area contributed by atoms with Gasteiger partial charge in [-0.05, 0) is 18.6 Å². The number of benzene rings is 1. The Bertz CT molecular complexity index is 374. The Labute approximate surface area is 101 Å². The average molecular weight is 240 g/mol. The molecule has 1 aliphatic rings. The van der Waals surface area contributed by atoms with Gasteiger partial charge in [-0.25, -0.2) is 8.78 Å². The second-order valence-electron chi connectivity index (χ2n) is 4.45. The van der Waals surface area contributed by atoms with E-state index in [0.29, 0.717) is 6.54 Å². The summed E-state index contributed by atoms with van der Waals surface area (Å²) in [6.07, 6.45) is -1.26. The SMILES string of the molecule is CC(F)c1c(F)cccc1CN1CCNCC1. The quantitative estimate of drug-likeness (QED) is 0.872. The molecule has 17 heavy (non-hydrogen) atoms. The van der Waals surface area contributed by atoms with Crippen LogP contribution in [-0.4, -0.2) is 31.1 Å². The molecule has 1 unspecified atom stereocenters. The van der Waals surface area contributed by atoms with Gasteiger partial charge in [0.1, 0.15) is 12.0 Å². The summed E-state index contributed by atoms with van der Waals surface area (Å²) in [4.78, 5) is 2.22. The van der Waals surface area contributed by atoms with Crippen molar-refractivity contribution in [3.05, 3.63) is 35.1 Å². The largest absolute Gasteiger partial charge is 0.314 e. The smallest absolute Gasteiger partial charge is 0.129 e. The molecular formula is C13H18F2N2. The molecule has 0 bridgehead atoms. The number of rotatable bonds is 3.